The topological polar surface area (TPSA) is 21.7 Å². The molecule has 0 atom stereocenters. The zero-order valence-electron chi connectivity index (χ0n) is 14.2. The van der Waals surface area contributed by atoms with Gasteiger partial charge in [-0.2, -0.15) is 4.57 Å². The van der Waals surface area contributed by atoms with Crippen LogP contribution in [-0.2, 0) is 7.05 Å². The highest BCUT2D eigenvalue weighted by Gasteiger charge is 2.27. The molecule has 0 fully saturated rings. The van der Waals surface area contributed by atoms with Gasteiger partial charge in [0.15, 0.2) is 11.0 Å². The number of hydrogen-bond acceptors (Lipinski definition) is 1. The number of imidazole rings is 1. The van der Waals surface area contributed by atoms with Crippen LogP contribution >= 0.6 is 0 Å². The molecule has 24 heavy (non-hydrogen) atoms. The minimum absolute atomic E-state index is 1.17. The molecule has 0 saturated heterocycles. The van der Waals surface area contributed by atoms with E-state index in [0.29, 0.717) is 0 Å². The van der Waals surface area contributed by atoms with Gasteiger partial charge in [0.25, 0.3) is 5.82 Å². The molecule has 4 rings (SSSR count). The Morgan fingerprint density at radius 2 is 1.62 bits per heavy atom. The Kier molecular flexibility index (Phi) is 3.42. The molecule has 0 amide bonds. The molecule has 0 aliphatic heterocycles. The first kappa shape index (κ1) is 14.6. The van der Waals surface area contributed by atoms with Crippen LogP contribution in [0.1, 0.15) is 11.1 Å². The third-order valence-corrected chi connectivity index (χ3v) is 4.63. The average molecular weight is 314 g/mol. The van der Waals surface area contributed by atoms with Crippen LogP contribution in [-0.4, -0.2) is 9.55 Å². The molecule has 0 saturated carbocycles. The molecule has 0 spiro atoms. The summed E-state index contributed by atoms with van der Waals surface area (Å²) in [5.74, 6) is 1.17. The molecule has 0 aliphatic rings. The van der Waals surface area contributed by atoms with Crippen molar-refractivity contribution in [2.24, 2.45) is 7.05 Å². The molecule has 118 valence electrons. The first-order valence-corrected chi connectivity index (χ1v) is 8.15. The van der Waals surface area contributed by atoms with Gasteiger partial charge in [-0.1, -0.05) is 30.3 Å². The van der Waals surface area contributed by atoms with Crippen molar-refractivity contribution >= 4 is 11.0 Å². The lowest BCUT2D eigenvalue weighted by molar-refractivity contribution is -0.633. The van der Waals surface area contributed by atoms with Crippen molar-refractivity contribution < 1.29 is 4.57 Å². The zero-order valence-corrected chi connectivity index (χ0v) is 14.2. The quantitative estimate of drug-likeness (QED) is 0.510. The highest BCUT2D eigenvalue weighted by molar-refractivity contribution is 5.79. The van der Waals surface area contributed by atoms with E-state index in [4.69, 9.17) is 0 Å². The van der Waals surface area contributed by atoms with Gasteiger partial charge in [0.05, 0.1) is 12.6 Å². The highest BCUT2D eigenvalue weighted by atomic mass is 15.2. The van der Waals surface area contributed by atoms with E-state index < -0.39 is 0 Å². The van der Waals surface area contributed by atoms with Gasteiger partial charge >= 0.3 is 0 Å². The predicted molar refractivity (Wildman–Crippen MR) is 97.2 cm³/mol. The fourth-order valence-corrected chi connectivity index (χ4v) is 3.40. The summed E-state index contributed by atoms with van der Waals surface area (Å²) in [7, 11) is 2.13. The fraction of sp³-hybridized carbons (Fsp3) is 0.143. The molecular formula is C21H20N3+. The maximum absolute atomic E-state index is 4.26. The van der Waals surface area contributed by atoms with Crippen LogP contribution in [0.2, 0.25) is 0 Å². The molecule has 0 N–H and O–H groups in total. The Bertz CT molecular complexity index is 1040. The standard InChI is InChI=1S/C21H20N3/c1-15-8-4-5-9-18(15)24-20-11-7-6-10-19(20)23(3)21(24)17-12-13-22-14-16(17)2/h4-14H,1-3H3/q+1. The number of fused-ring (bicyclic) bond motifs is 1. The van der Waals surface area contributed by atoms with Crippen LogP contribution in [0.3, 0.4) is 0 Å². The predicted octanol–water partition coefficient (Wildman–Crippen LogP) is 4.13. The van der Waals surface area contributed by atoms with E-state index in [9.17, 15) is 0 Å². The Balaban J connectivity index is 2.18. The number of para-hydroxylation sites is 3. The molecule has 0 unspecified atom stereocenters. The van der Waals surface area contributed by atoms with E-state index in [1.54, 1.807) is 0 Å². The molecular weight excluding hydrogens is 294 g/mol. The average Bonchev–Trinajstić information content (AvgIpc) is 2.89. The first-order valence-electron chi connectivity index (χ1n) is 8.15. The highest BCUT2D eigenvalue weighted by Crippen LogP contribution is 2.29. The third kappa shape index (κ3) is 2.13. The van der Waals surface area contributed by atoms with E-state index >= 15 is 0 Å². The van der Waals surface area contributed by atoms with Gasteiger partial charge in [0.1, 0.15) is 5.69 Å². The van der Waals surface area contributed by atoms with Gasteiger partial charge in [-0.25, -0.2) is 4.57 Å². The Hall–Kier alpha value is -2.94. The summed E-state index contributed by atoms with van der Waals surface area (Å²) in [6, 6.07) is 19.2. The summed E-state index contributed by atoms with van der Waals surface area (Å²) in [6.45, 7) is 4.27. The molecule has 0 radical (unpaired) electrons. The summed E-state index contributed by atoms with van der Waals surface area (Å²) in [5, 5.41) is 0. The van der Waals surface area contributed by atoms with E-state index in [2.05, 4.69) is 89.6 Å². The summed E-state index contributed by atoms with van der Waals surface area (Å²) in [6.07, 6.45) is 3.79. The zero-order chi connectivity index (χ0) is 16.7. The van der Waals surface area contributed by atoms with E-state index in [1.165, 1.54) is 39.2 Å². The molecule has 4 aromatic rings. The van der Waals surface area contributed by atoms with Gasteiger partial charge < -0.3 is 0 Å². The van der Waals surface area contributed by atoms with Crippen molar-refractivity contribution in [2.45, 2.75) is 13.8 Å². The van der Waals surface area contributed by atoms with Gasteiger partial charge in [-0.3, -0.25) is 4.98 Å². The lowest BCUT2D eigenvalue weighted by Gasteiger charge is -2.07. The molecule has 3 nitrogen and oxygen atoms in total. The van der Waals surface area contributed by atoms with Crippen molar-refractivity contribution in [2.75, 3.05) is 0 Å². The number of rotatable bonds is 2. The third-order valence-electron chi connectivity index (χ3n) is 4.63. The second-order valence-corrected chi connectivity index (χ2v) is 6.18. The minimum atomic E-state index is 1.17. The van der Waals surface area contributed by atoms with Crippen molar-refractivity contribution in [3.63, 3.8) is 0 Å². The largest absolute Gasteiger partial charge is 0.295 e. The lowest BCUT2D eigenvalue weighted by atomic mass is 10.1. The number of hydrogen-bond donors (Lipinski definition) is 0. The summed E-state index contributed by atoms with van der Waals surface area (Å²) in [4.78, 5) is 4.26. The molecule has 2 heterocycles. The normalized spacial score (nSPS) is 11.1. The second kappa shape index (κ2) is 5.60. The molecule has 0 aliphatic carbocycles. The van der Waals surface area contributed by atoms with Gasteiger partial charge in [0, 0.05) is 12.4 Å². The van der Waals surface area contributed by atoms with Crippen LogP contribution in [0, 0.1) is 13.8 Å². The van der Waals surface area contributed by atoms with Crippen LogP contribution in [0.5, 0.6) is 0 Å². The van der Waals surface area contributed by atoms with Crippen LogP contribution in [0.4, 0.5) is 0 Å². The SMILES string of the molecule is Cc1cnccc1-c1n(-c2ccccc2C)c2ccccc2[n+]1C. The monoisotopic (exact) mass is 314 g/mol. The summed E-state index contributed by atoms with van der Waals surface area (Å²) < 4.78 is 4.62. The lowest BCUT2D eigenvalue weighted by Crippen LogP contribution is -2.30. The Morgan fingerprint density at radius 3 is 2.42 bits per heavy atom. The first-order chi connectivity index (χ1) is 11.7. The van der Waals surface area contributed by atoms with Gasteiger partial charge in [-0.15, -0.1) is 0 Å². The molecule has 3 heteroatoms. The number of aromatic nitrogens is 3. The number of aryl methyl sites for hydroxylation is 3. The van der Waals surface area contributed by atoms with E-state index in [1.807, 2.05) is 12.4 Å². The summed E-state index contributed by atoms with van der Waals surface area (Å²) in [5.41, 5.74) is 7.26. The van der Waals surface area contributed by atoms with Crippen molar-refractivity contribution in [1.29, 1.82) is 0 Å². The van der Waals surface area contributed by atoms with Crippen LogP contribution in [0.25, 0.3) is 28.1 Å². The number of nitrogens with zero attached hydrogens (tertiary/aromatic N) is 3. The van der Waals surface area contributed by atoms with Crippen molar-refractivity contribution in [3.05, 3.63) is 78.1 Å². The maximum atomic E-state index is 4.26. The van der Waals surface area contributed by atoms with E-state index in [0.717, 1.165) is 0 Å². The van der Waals surface area contributed by atoms with Gasteiger partial charge in [0.2, 0.25) is 0 Å². The molecule has 2 aromatic carbocycles. The fourth-order valence-electron chi connectivity index (χ4n) is 3.40. The smallest absolute Gasteiger partial charge is 0.264 e. The second-order valence-electron chi connectivity index (χ2n) is 6.18. The Morgan fingerprint density at radius 1 is 0.875 bits per heavy atom. The number of benzene rings is 2. The molecule has 2 aromatic heterocycles. The molecule has 0 bridgehead atoms. The van der Waals surface area contributed by atoms with E-state index in [-0.39, 0.29) is 0 Å². The van der Waals surface area contributed by atoms with Crippen LogP contribution < -0.4 is 4.57 Å². The Labute approximate surface area is 141 Å². The van der Waals surface area contributed by atoms with Crippen LogP contribution in [0.15, 0.2) is 67.0 Å². The van der Waals surface area contributed by atoms with Crippen molar-refractivity contribution in [3.8, 4) is 17.1 Å². The van der Waals surface area contributed by atoms with Gasteiger partial charge in [-0.05, 0) is 49.2 Å². The maximum Gasteiger partial charge on any atom is 0.295 e. The minimum Gasteiger partial charge on any atom is -0.264 e. The summed E-state index contributed by atoms with van der Waals surface area (Å²) >= 11 is 0. The van der Waals surface area contributed by atoms with Crippen molar-refractivity contribution in [1.82, 2.24) is 9.55 Å². The number of pyridine rings is 1.